The van der Waals surface area contributed by atoms with Gasteiger partial charge in [-0.3, -0.25) is 4.79 Å². The van der Waals surface area contributed by atoms with Crippen LogP contribution in [0, 0.1) is 6.92 Å². The number of rotatable bonds is 8. The van der Waals surface area contributed by atoms with Gasteiger partial charge in [-0.05, 0) is 38.0 Å². The second-order valence-electron chi connectivity index (χ2n) is 6.21. The molecule has 0 aliphatic carbocycles. The molecule has 0 bridgehead atoms. The van der Waals surface area contributed by atoms with Crippen molar-refractivity contribution in [1.82, 2.24) is 4.98 Å². The topological polar surface area (TPSA) is 82.5 Å². The lowest BCUT2D eigenvalue weighted by Gasteiger charge is -2.24. The zero-order valence-electron chi connectivity index (χ0n) is 15.5. The van der Waals surface area contributed by atoms with Crippen molar-refractivity contribution in [2.75, 3.05) is 23.3 Å². The molecule has 0 atom stereocenters. The first-order chi connectivity index (χ1) is 12.5. The summed E-state index contributed by atoms with van der Waals surface area (Å²) < 4.78 is 0. The molecule has 26 heavy (non-hydrogen) atoms. The molecule has 0 saturated heterocycles. The SMILES string of the molecule is CCCN(CCC)c1ncc(NC(=O)c2ccc(C)cc2)cc1C(=O)O. The molecule has 0 aliphatic rings. The number of pyridine rings is 1. The molecule has 1 heterocycles. The second-order valence-corrected chi connectivity index (χ2v) is 6.21. The van der Waals surface area contributed by atoms with Crippen LogP contribution in [0.4, 0.5) is 11.5 Å². The Hall–Kier alpha value is -2.89. The number of carbonyl (C=O) groups excluding carboxylic acids is 1. The van der Waals surface area contributed by atoms with Gasteiger partial charge < -0.3 is 15.3 Å². The van der Waals surface area contributed by atoms with Crippen LogP contribution in [0.15, 0.2) is 36.5 Å². The highest BCUT2D eigenvalue weighted by atomic mass is 16.4. The Morgan fingerprint density at radius 3 is 2.27 bits per heavy atom. The normalized spacial score (nSPS) is 10.4. The Morgan fingerprint density at radius 1 is 1.12 bits per heavy atom. The summed E-state index contributed by atoms with van der Waals surface area (Å²) in [5.41, 5.74) is 2.03. The minimum absolute atomic E-state index is 0.0913. The van der Waals surface area contributed by atoms with Crippen molar-refractivity contribution in [2.45, 2.75) is 33.6 Å². The predicted molar refractivity (Wildman–Crippen MR) is 103 cm³/mol. The molecule has 2 N–H and O–H groups in total. The molecule has 0 radical (unpaired) electrons. The van der Waals surface area contributed by atoms with Gasteiger partial charge in [-0.15, -0.1) is 0 Å². The van der Waals surface area contributed by atoms with Crippen LogP contribution in [-0.2, 0) is 0 Å². The van der Waals surface area contributed by atoms with Crippen LogP contribution in [0.3, 0.4) is 0 Å². The Bertz CT molecular complexity index is 766. The number of nitrogens with zero attached hydrogens (tertiary/aromatic N) is 2. The van der Waals surface area contributed by atoms with Crippen LogP contribution in [0.2, 0.25) is 0 Å². The van der Waals surface area contributed by atoms with Gasteiger partial charge in [0.1, 0.15) is 11.4 Å². The summed E-state index contributed by atoms with van der Waals surface area (Å²) in [4.78, 5) is 30.3. The number of aromatic nitrogens is 1. The number of nitrogens with one attached hydrogen (secondary N) is 1. The van der Waals surface area contributed by atoms with Gasteiger partial charge >= 0.3 is 5.97 Å². The average molecular weight is 355 g/mol. The molecule has 1 aromatic heterocycles. The highest BCUT2D eigenvalue weighted by Gasteiger charge is 2.18. The van der Waals surface area contributed by atoms with Gasteiger partial charge in [0.15, 0.2) is 0 Å². The number of hydrogen-bond acceptors (Lipinski definition) is 4. The number of carboxylic acids is 1. The second kappa shape index (κ2) is 8.99. The van der Waals surface area contributed by atoms with Crippen molar-refractivity contribution in [2.24, 2.45) is 0 Å². The van der Waals surface area contributed by atoms with E-state index in [1.54, 1.807) is 12.1 Å². The third-order valence-corrected chi connectivity index (χ3v) is 3.96. The number of anilines is 2. The molecule has 2 rings (SSSR count). The first kappa shape index (κ1) is 19.4. The molecule has 1 aromatic carbocycles. The first-order valence-electron chi connectivity index (χ1n) is 8.82. The van der Waals surface area contributed by atoms with Gasteiger partial charge in [0.25, 0.3) is 5.91 Å². The molecule has 0 aliphatic heterocycles. The van der Waals surface area contributed by atoms with Gasteiger partial charge in [0, 0.05) is 18.7 Å². The summed E-state index contributed by atoms with van der Waals surface area (Å²) in [6.07, 6.45) is 3.30. The number of carboxylic acid groups (broad SMARTS) is 1. The first-order valence-corrected chi connectivity index (χ1v) is 8.82. The van der Waals surface area contributed by atoms with E-state index in [1.807, 2.05) is 37.8 Å². The zero-order chi connectivity index (χ0) is 19.1. The number of amides is 1. The lowest BCUT2D eigenvalue weighted by Crippen LogP contribution is -2.28. The fourth-order valence-electron chi connectivity index (χ4n) is 2.71. The average Bonchev–Trinajstić information content (AvgIpc) is 2.62. The summed E-state index contributed by atoms with van der Waals surface area (Å²) in [5, 5.41) is 12.3. The van der Waals surface area contributed by atoms with E-state index in [0.717, 1.165) is 31.5 Å². The van der Waals surface area contributed by atoms with Crippen molar-refractivity contribution >= 4 is 23.4 Å². The summed E-state index contributed by atoms with van der Waals surface area (Å²) in [6.45, 7) is 7.49. The molecule has 0 saturated carbocycles. The smallest absolute Gasteiger partial charge is 0.339 e. The van der Waals surface area contributed by atoms with Gasteiger partial charge in [-0.2, -0.15) is 0 Å². The lowest BCUT2D eigenvalue weighted by molar-refractivity contribution is 0.0696. The van der Waals surface area contributed by atoms with Gasteiger partial charge in [-0.1, -0.05) is 31.5 Å². The Kier molecular flexibility index (Phi) is 6.72. The fourth-order valence-corrected chi connectivity index (χ4v) is 2.71. The van der Waals surface area contributed by atoms with E-state index in [0.29, 0.717) is 17.1 Å². The molecule has 2 aromatic rings. The highest BCUT2D eigenvalue weighted by molar-refractivity contribution is 6.05. The number of benzene rings is 1. The quantitative estimate of drug-likeness (QED) is 0.749. The Labute approximate surface area is 153 Å². The van der Waals surface area contributed by atoms with Crippen LogP contribution in [0.5, 0.6) is 0 Å². The van der Waals surface area contributed by atoms with Gasteiger partial charge in [-0.25, -0.2) is 9.78 Å². The molecule has 138 valence electrons. The van der Waals surface area contributed by atoms with Crippen LogP contribution in [0.25, 0.3) is 0 Å². The van der Waals surface area contributed by atoms with E-state index in [1.165, 1.54) is 12.3 Å². The maximum absolute atomic E-state index is 12.3. The van der Waals surface area contributed by atoms with E-state index < -0.39 is 5.97 Å². The van der Waals surface area contributed by atoms with E-state index in [4.69, 9.17) is 0 Å². The molecular formula is C20H25N3O3. The van der Waals surface area contributed by atoms with E-state index in [2.05, 4.69) is 10.3 Å². The predicted octanol–water partition coefficient (Wildman–Crippen LogP) is 3.97. The molecule has 1 amide bonds. The van der Waals surface area contributed by atoms with E-state index in [-0.39, 0.29) is 11.5 Å². The van der Waals surface area contributed by atoms with Crippen molar-refractivity contribution in [3.05, 3.63) is 53.2 Å². The molecule has 0 unspecified atom stereocenters. The van der Waals surface area contributed by atoms with Crippen molar-refractivity contribution in [3.8, 4) is 0 Å². The monoisotopic (exact) mass is 355 g/mol. The molecule has 6 heteroatoms. The van der Waals surface area contributed by atoms with Crippen molar-refractivity contribution < 1.29 is 14.7 Å². The largest absolute Gasteiger partial charge is 0.478 e. The molecule has 0 fully saturated rings. The van der Waals surface area contributed by atoms with Crippen molar-refractivity contribution in [3.63, 3.8) is 0 Å². The maximum Gasteiger partial charge on any atom is 0.339 e. The van der Waals surface area contributed by atoms with Crippen LogP contribution >= 0.6 is 0 Å². The minimum Gasteiger partial charge on any atom is -0.478 e. The van der Waals surface area contributed by atoms with Crippen LogP contribution in [-0.4, -0.2) is 35.1 Å². The number of carbonyl (C=O) groups is 2. The zero-order valence-corrected chi connectivity index (χ0v) is 15.5. The fraction of sp³-hybridized carbons (Fsp3) is 0.350. The van der Waals surface area contributed by atoms with Crippen LogP contribution < -0.4 is 10.2 Å². The van der Waals surface area contributed by atoms with E-state index >= 15 is 0 Å². The molecular weight excluding hydrogens is 330 g/mol. The van der Waals surface area contributed by atoms with Gasteiger partial charge in [0.2, 0.25) is 0 Å². The van der Waals surface area contributed by atoms with E-state index in [9.17, 15) is 14.7 Å². The molecule has 0 spiro atoms. The lowest BCUT2D eigenvalue weighted by atomic mass is 10.1. The standard InChI is InChI=1S/C20H25N3O3/c1-4-10-23(11-5-2)18-17(20(25)26)12-16(13-21-18)22-19(24)15-8-6-14(3)7-9-15/h6-9,12-13H,4-5,10-11H2,1-3H3,(H,22,24)(H,25,26). The third kappa shape index (κ3) is 4.81. The Balaban J connectivity index is 2.28. The summed E-state index contributed by atoms with van der Waals surface area (Å²) in [5.74, 6) is -0.916. The minimum atomic E-state index is -1.06. The van der Waals surface area contributed by atoms with Crippen molar-refractivity contribution in [1.29, 1.82) is 0 Å². The highest BCUT2D eigenvalue weighted by Crippen LogP contribution is 2.22. The van der Waals surface area contributed by atoms with Gasteiger partial charge in [0.05, 0.1) is 11.9 Å². The summed E-state index contributed by atoms with van der Waals surface area (Å²) in [7, 11) is 0. The molecule has 6 nitrogen and oxygen atoms in total. The number of aryl methyl sites for hydroxylation is 1. The maximum atomic E-state index is 12.3. The van der Waals surface area contributed by atoms with Crippen LogP contribution in [0.1, 0.15) is 53.0 Å². The summed E-state index contributed by atoms with van der Waals surface area (Å²) >= 11 is 0. The third-order valence-electron chi connectivity index (χ3n) is 3.96. The summed E-state index contributed by atoms with van der Waals surface area (Å²) in [6, 6.07) is 8.64. The number of hydrogen-bond donors (Lipinski definition) is 2. The Morgan fingerprint density at radius 2 is 1.73 bits per heavy atom. The number of aromatic carboxylic acids is 1.